The molecule has 0 aliphatic rings. The lowest BCUT2D eigenvalue weighted by molar-refractivity contribution is -0.0517. The summed E-state index contributed by atoms with van der Waals surface area (Å²) in [7, 11) is -7.89. The van der Waals surface area contributed by atoms with Gasteiger partial charge in [-0.2, -0.15) is 13.2 Å². The summed E-state index contributed by atoms with van der Waals surface area (Å²) in [5.41, 5.74) is -4.78. The van der Waals surface area contributed by atoms with Gasteiger partial charge in [0.25, 0.3) is 8.32 Å². The standard InChI is InChI=1S/C15H21O2Si.CHF3O3S/c1-15(2,3)18(4,5)17-14-10-11-16-13-9-7-6-8-12(13)14;2-1(3,4)8(5,6)7/h6-11H,1-5H3;(H,5,6,7)/q+1;/p-1. The van der Waals surface area contributed by atoms with Crippen molar-refractivity contribution in [3.63, 3.8) is 0 Å². The number of hydrogen-bond donors (Lipinski definition) is 0. The average Bonchev–Trinajstić information content (AvgIpc) is 2.44. The summed E-state index contributed by atoms with van der Waals surface area (Å²) in [4.78, 5) is 0. The second-order valence-corrected chi connectivity index (χ2v) is 13.1. The van der Waals surface area contributed by atoms with Gasteiger partial charge < -0.3 is 8.98 Å². The van der Waals surface area contributed by atoms with Crippen molar-refractivity contribution < 1.29 is 35.0 Å². The maximum Gasteiger partial charge on any atom is 0.485 e. The van der Waals surface area contributed by atoms with E-state index in [0.29, 0.717) is 0 Å². The molecule has 2 aromatic rings. The summed E-state index contributed by atoms with van der Waals surface area (Å²) in [6, 6.07) is 9.91. The van der Waals surface area contributed by atoms with Crippen LogP contribution in [-0.2, 0) is 10.1 Å². The summed E-state index contributed by atoms with van der Waals surface area (Å²) < 4.78 is 70.7. The first-order valence-corrected chi connectivity index (χ1v) is 11.9. The molecule has 0 aliphatic heterocycles. The van der Waals surface area contributed by atoms with E-state index in [0.717, 1.165) is 16.7 Å². The van der Waals surface area contributed by atoms with Gasteiger partial charge in [-0.15, -0.1) is 0 Å². The van der Waals surface area contributed by atoms with E-state index >= 15 is 0 Å². The van der Waals surface area contributed by atoms with Gasteiger partial charge >= 0.3 is 17.4 Å². The average molecular weight is 410 g/mol. The van der Waals surface area contributed by atoms with Crippen LogP contribution in [0.5, 0.6) is 5.75 Å². The van der Waals surface area contributed by atoms with Gasteiger partial charge in [-0.3, -0.25) is 0 Å². The summed E-state index contributed by atoms with van der Waals surface area (Å²) in [6.07, 6.45) is 1.70. The Labute approximate surface area is 151 Å². The van der Waals surface area contributed by atoms with Crippen LogP contribution in [0.15, 0.2) is 41.0 Å². The lowest BCUT2D eigenvalue weighted by atomic mass is 10.2. The molecule has 0 radical (unpaired) electrons. The molecule has 5 nitrogen and oxygen atoms in total. The van der Waals surface area contributed by atoms with E-state index in [-0.39, 0.29) is 5.04 Å². The molecule has 0 unspecified atom stereocenters. The molecule has 0 atom stereocenters. The van der Waals surface area contributed by atoms with Crippen LogP contribution in [0.2, 0.25) is 18.1 Å². The van der Waals surface area contributed by atoms with Gasteiger partial charge in [-0.1, -0.05) is 32.9 Å². The Bertz CT molecular complexity index is 853. The van der Waals surface area contributed by atoms with Crippen LogP contribution in [0.3, 0.4) is 0 Å². The molecule has 1 aromatic heterocycles. The summed E-state index contributed by atoms with van der Waals surface area (Å²) in [5, 5.41) is 1.24. The van der Waals surface area contributed by atoms with Gasteiger partial charge in [0.1, 0.15) is 11.1 Å². The lowest BCUT2D eigenvalue weighted by Crippen LogP contribution is -2.43. The summed E-state index contributed by atoms with van der Waals surface area (Å²) in [5.74, 6) is 0.934. The summed E-state index contributed by atoms with van der Waals surface area (Å²) in [6.45, 7) is 11.2. The SMILES string of the molecule is CC(C)(C)[Si](C)(C)Oc1cc[o+]c2ccccc12.O=S(=O)([O-])C(F)(F)F. The third-order valence-electron chi connectivity index (χ3n) is 4.02. The molecular weight excluding hydrogens is 389 g/mol. The minimum absolute atomic E-state index is 0.196. The molecule has 0 amide bonds. The topological polar surface area (TPSA) is 77.7 Å². The minimum Gasteiger partial charge on any atom is -0.741 e. The number of fused-ring (bicyclic) bond motifs is 1. The molecule has 10 heteroatoms. The van der Waals surface area contributed by atoms with Crippen LogP contribution in [-0.4, -0.2) is 26.8 Å². The highest BCUT2D eigenvalue weighted by molar-refractivity contribution is 7.86. The van der Waals surface area contributed by atoms with Crippen molar-refractivity contribution in [3.05, 3.63) is 36.6 Å². The predicted octanol–water partition coefficient (Wildman–Crippen LogP) is 5.15. The number of para-hydroxylation sites is 1. The van der Waals surface area contributed by atoms with Crippen LogP contribution in [0.1, 0.15) is 20.8 Å². The van der Waals surface area contributed by atoms with Gasteiger partial charge in [0.15, 0.2) is 10.1 Å². The van der Waals surface area contributed by atoms with E-state index in [2.05, 4.69) is 33.9 Å². The first-order valence-electron chi connectivity index (χ1n) is 7.57. The Morgan fingerprint density at radius 1 is 1.08 bits per heavy atom. The first kappa shape index (κ1) is 22.4. The van der Waals surface area contributed by atoms with E-state index in [4.69, 9.17) is 21.8 Å². The van der Waals surface area contributed by atoms with Gasteiger partial charge in [0.2, 0.25) is 0 Å². The largest absolute Gasteiger partial charge is 0.741 e. The number of benzene rings is 1. The smallest absolute Gasteiger partial charge is 0.485 e. The fourth-order valence-corrected chi connectivity index (χ4v) is 2.58. The zero-order chi connectivity index (χ0) is 20.4. The quantitative estimate of drug-likeness (QED) is 0.296. The van der Waals surface area contributed by atoms with Crippen LogP contribution in [0.4, 0.5) is 13.2 Å². The zero-order valence-corrected chi connectivity index (χ0v) is 16.9. The second-order valence-electron chi connectivity index (χ2n) is 7.04. The Balaban J connectivity index is 0.000000359. The number of alkyl halides is 3. The molecule has 1 aromatic carbocycles. The van der Waals surface area contributed by atoms with Gasteiger partial charge in [-0.05, 0) is 24.2 Å². The van der Waals surface area contributed by atoms with Crippen molar-refractivity contribution >= 4 is 29.4 Å². The van der Waals surface area contributed by atoms with E-state index in [1.165, 1.54) is 0 Å². The molecule has 0 spiro atoms. The number of rotatable bonds is 2. The Hall–Kier alpha value is -1.65. The Morgan fingerprint density at radius 2 is 1.58 bits per heavy atom. The number of halogens is 3. The van der Waals surface area contributed by atoms with Crippen molar-refractivity contribution in [2.24, 2.45) is 0 Å². The van der Waals surface area contributed by atoms with Gasteiger partial charge in [-0.25, -0.2) is 12.8 Å². The number of hydrogen-bond acceptors (Lipinski definition) is 4. The molecule has 0 aliphatic carbocycles. The molecular formula is C16H21F3O5SSi. The first-order chi connectivity index (χ1) is 11.6. The van der Waals surface area contributed by atoms with E-state index < -0.39 is 23.9 Å². The molecule has 0 N–H and O–H groups in total. The van der Waals surface area contributed by atoms with Crippen molar-refractivity contribution in [3.8, 4) is 5.75 Å². The Morgan fingerprint density at radius 3 is 2.04 bits per heavy atom. The molecule has 1 heterocycles. The van der Waals surface area contributed by atoms with Crippen molar-refractivity contribution in [2.45, 2.75) is 44.4 Å². The van der Waals surface area contributed by atoms with Crippen LogP contribution >= 0.6 is 0 Å². The van der Waals surface area contributed by atoms with E-state index in [9.17, 15) is 13.2 Å². The summed E-state index contributed by atoms with van der Waals surface area (Å²) >= 11 is 0. The van der Waals surface area contributed by atoms with Crippen LogP contribution in [0, 0.1) is 0 Å². The molecule has 0 bridgehead atoms. The monoisotopic (exact) mass is 410 g/mol. The van der Waals surface area contributed by atoms with E-state index in [1.807, 2.05) is 30.3 Å². The highest BCUT2D eigenvalue weighted by atomic mass is 32.2. The molecule has 26 heavy (non-hydrogen) atoms. The molecule has 0 saturated heterocycles. The fourth-order valence-electron chi connectivity index (χ4n) is 1.55. The molecule has 0 saturated carbocycles. The zero-order valence-electron chi connectivity index (χ0n) is 15.0. The molecule has 2 rings (SSSR count). The maximum atomic E-state index is 10.7. The molecule has 0 fully saturated rings. The normalized spacial score (nSPS) is 13.1. The van der Waals surface area contributed by atoms with E-state index in [1.54, 1.807) is 6.26 Å². The van der Waals surface area contributed by atoms with Gasteiger partial charge in [0, 0.05) is 6.07 Å². The predicted molar refractivity (Wildman–Crippen MR) is 94.2 cm³/mol. The van der Waals surface area contributed by atoms with Crippen molar-refractivity contribution in [1.29, 1.82) is 0 Å². The third kappa shape index (κ3) is 5.68. The highest BCUT2D eigenvalue weighted by Crippen LogP contribution is 2.39. The highest BCUT2D eigenvalue weighted by Gasteiger charge is 2.39. The van der Waals surface area contributed by atoms with Crippen LogP contribution < -0.4 is 4.43 Å². The molecule has 146 valence electrons. The Kier molecular flexibility index (Phi) is 6.48. The minimum atomic E-state index is -6.09. The lowest BCUT2D eigenvalue weighted by Gasteiger charge is -2.36. The third-order valence-corrected chi connectivity index (χ3v) is 8.93. The second kappa shape index (κ2) is 7.53. The fraction of sp³-hybridized carbons (Fsp3) is 0.438. The van der Waals surface area contributed by atoms with Crippen molar-refractivity contribution in [1.82, 2.24) is 0 Å². The van der Waals surface area contributed by atoms with Crippen molar-refractivity contribution in [2.75, 3.05) is 0 Å². The maximum absolute atomic E-state index is 10.7. The van der Waals surface area contributed by atoms with Gasteiger partial charge in [0.05, 0.1) is 6.07 Å². The van der Waals surface area contributed by atoms with Crippen LogP contribution in [0.25, 0.3) is 11.0 Å².